The smallest absolute Gasteiger partial charge is 0.233 e. The highest BCUT2D eigenvalue weighted by molar-refractivity contribution is 8.00. The molecule has 0 spiro atoms. The number of carbonyl (C=O) groups is 1. The van der Waals surface area contributed by atoms with Gasteiger partial charge in [-0.1, -0.05) is 36.0 Å². The first-order valence-electron chi connectivity index (χ1n) is 9.93. The lowest BCUT2D eigenvalue weighted by Crippen LogP contribution is -2.60. The van der Waals surface area contributed by atoms with Gasteiger partial charge >= 0.3 is 0 Å². The molecule has 4 fully saturated rings. The Morgan fingerprint density at radius 2 is 1.73 bits per heavy atom. The van der Waals surface area contributed by atoms with Gasteiger partial charge in [0.2, 0.25) is 5.91 Å². The van der Waals surface area contributed by atoms with Crippen LogP contribution in [0.5, 0.6) is 0 Å². The Balaban J connectivity index is 1.28. The van der Waals surface area contributed by atoms with Crippen LogP contribution in [-0.4, -0.2) is 21.7 Å². The summed E-state index contributed by atoms with van der Waals surface area (Å²) in [5.41, 5.74) is 1.09. The Bertz CT molecular complexity index is 814. The van der Waals surface area contributed by atoms with Crippen LogP contribution in [0.2, 0.25) is 0 Å². The van der Waals surface area contributed by atoms with E-state index in [2.05, 4.69) is 17.4 Å². The first-order chi connectivity index (χ1) is 12.6. The van der Waals surface area contributed by atoms with Crippen molar-refractivity contribution in [3.63, 3.8) is 0 Å². The van der Waals surface area contributed by atoms with Crippen LogP contribution in [-0.2, 0) is 4.79 Å². The summed E-state index contributed by atoms with van der Waals surface area (Å²) in [6.07, 6.45) is 7.82. The van der Waals surface area contributed by atoms with E-state index in [0.29, 0.717) is 0 Å². The topological polar surface area (TPSA) is 42.0 Å². The lowest BCUT2D eigenvalue weighted by Gasteiger charge is -2.57. The molecule has 6 rings (SSSR count). The second kappa shape index (κ2) is 6.26. The van der Waals surface area contributed by atoms with Crippen LogP contribution in [0.3, 0.4) is 0 Å². The molecule has 4 aliphatic carbocycles. The lowest BCUT2D eigenvalue weighted by atomic mass is 9.53. The summed E-state index contributed by atoms with van der Waals surface area (Å²) in [6, 6.07) is 12.3. The van der Waals surface area contributed by atoms with Crippen molar-refractivity contribution >= 4 is 28.6 Å². The summed E-state index contributed by atoms with van der Waals surface area (Å²) in [5.74, 6) is 2.75. The maximum Gasteiger partial charge on any atom is 0.233 e. The second-order valence-electron chi connectivity index (χ2n) is 8.79. The van der Waals surface area contributed by atoms with E-state index in [9.17, 15) is 4.79 Å². The molecule has 1 aromatic carbocycles. The van der Waals surface area contributed by atoms with E-state index in [4.69, 9.17) is 4.98 Å². The molecule has 0 saturated heterocycles. The number of fused-ring (bicyclic) bond motifs is 1. The van der Waals surface area contributed by atoms with Gasteiger partial charge in [-0.3, -0.25) is 4.79 Å². The van der Waals surface area contributed by atoms with Gasteiger partial charge in [0.25, 0.3) is 0 Å². The first kappa shape index (κ1) is 16.6. The van der Waals surface area contributed by atoms with Crippen LogP contribution in [0.1, 0.15) is 45.4 Å². The zero-order chi connectivity index (χ0) is 17.7. The Morgan fingerprint density at radius 3 is 2.42 bits per heavy atom. The van der Waals surface area contributed by atoms with E-state index in [1.54, 1.807) is 11.8 Å². The average Bonchev–Trinajstić information content (AvgIpc) is 2.60. The van der Waals surface area contributed by atoms with Crippen molar-refractivity contribution in [2.45, 2.75) is 61.3 Å². The zero-order valence-corrected chi connectivity index (χ0v) is 16.1. The highest BCUT2D eigenvalue weighted by Crippen LogP contribution is 2.55. The Kier molecular flexibility index (Phi) is 4.00. The molecule has 4 saturated carbocycles. The molecule has 1 atom stereocenters. The van der Waals surface area contributed by atoms with Crippen molar-refractivity contribution in [3.05, 3.63) is 36.4 Å². The predicted molar refractivity (Wildman–Crippen MR) is 106 cm³/mol. The Hall–Kier alpha value is -1.55. The molecular formula is C22H26N2OS. The molecule has 1 heterocycles. The molecular weight excluding hydrogens is 340 g/mol. The van der Waals surface area contributed by atoms with Crippen molar-refractivity contribution in [2.24, 2.45) is 17.8 Å². The van der Waals surface area contributed by atoms with Gasteiger partial charge in [-0.05, 0) is 75.3 Å². The van der Waals surface area contributed by atoms with Crippen LogP contribution in [0, 0.1) is 17.8 Å². The predicted octanol–water partition coefficient (Wildman–Crippen LogP) is 4.80. The minimum Gasteiger partial charge on any atom is -0.350 e. The molecule has 0 radical (unpaired) electrons. The molecule has 4 heteroatoms. The number of hydrogen-bond donors (Lipinski definition) is 1. The number of aromatic nitrogens is 1. The van der Waals surface area contributed by atoms with Crippen molar-refractivity contribution in [2.75, 3.05) is 0 Å². The van der Waals surface area contributed by atoms with Gasteiger partial charge in [-0.2, -0.15) is 0 Å². The van der Waals surface area contributed by atoms with Gasteiger partial charge in [0.1, 0.15) is 0 Å². The van der Waals surface area contributed by atoms with E-state index < -0.39 is 0 Å². The van der Waals surface area contributed by atoms with Crippen molar-refractivity contribution in [1.29, 1.82) is 0 Å². The molecule has 1 amide bonds. The van der Waals surface area contributed by atoms with E-state index in [-0.39, 0.29) is 16.7 Å². The molecule has 4 bridgehead atoms. The summed E-state index contributed by atoms with van der Waals surface area (Å²) in [5, 5.41) is 5.45. The highest BCUT2D eigenvalue weighted by atomic mass is 32.2. The molecule has 1 N–H and O–H groups in total. The number of pyridine rings is 1. The first-order valence-corrected chi connectivity index (χ1v) is 10.8. The normalized spacial score (nSPS) is 33.3. The fraction of sp³-hybridized carbons (Fsp3) is 0.545. The minimum absolute atomic E-state index is 0.0947. The number of carbonyl (C=O) groups excluding carboxylic acids is 1. The van der Waals surface area contributed by atoms with Gasteiger partial charge in [-0.15, -0.1) is 0 Å². The Morgan fingerprint density at radius 1 is 1.08 bits per heavy atom. The van der Waals surface area contributed by atoms with Gasteiger partial charge in [0.05, 0.1) is 15.8 Å². The van der Waals surface area contributed by atoms with Crippen LogP contribution in [0.15, 0.2) is 41.4 Å². The van der Waals surface area contributed by atoms with Gasteiger partial charge in [-0.25, -0.2) is 4.98 Å². The van der Waals surface area contributed by atoms with Crippen molar-refractivity contribution in [1.82, 2.24) is 10.3 Å². The summed E-state index contributed by atoms with van der Waals surface area (Å²) in [4.78, 5) is 17.6. The van der Waals surface area contributed by atoms with Gasteiger partial charge < -0.3 is 5.32 Å². The molecule has 0 unspecified atom stereocenters. The summed E-state index contributed by atoms with van der Waals surface area (Å²) in [6.45, 7) is 2.01. The fourth-order valence-electron chi connectivity index (χ4n) is 5.97. The summed E-state index contributed by atoms with van der Waals surface area (Å²) < 4.78 is 0. The van der Waals surface area contributed by atoms with Crippen LogP contribution in [0.4, 0.5) is 0 Å². The van der Waals surface area contributed by atoms with Gasteiger partial charge in [0.15, 0.2) is 0 Å². The number of nitrogens with one attached hydrogen (secondary N) is 1. The van der Waals surface area contributed by atoms with Crippen molar-refractivity contribution in [3.8, 4) is 0 Å². The lowest BCUT2D eigenvalue weighted by molar-refractivity contribution is -0.126. The third kappa shape index (κ3) is 3.02. The number of rotatable bonds is 4. The standard InChI is InChI=1S/C22H26N2OS/c1-14(26-20-7-6-18-4-2-3-5-19(18)23-20)21(25)24-22-11-15-8-16(12-22)10-17(9-15)13-22/h2-7,14-17H,8-13H2,1H3,(H,24,25)/t14-,15?,16?,17?,22?/m0/s1. The van der Waals surface area contributed by atoms with Crippen molar-refractivity contribution < 1.29 is 4.79 Å². The molecule has 4 aliphatic rings. The van der Waals surface area contributed by atoms with Gasteiger partial charge in [0, 0.05) is 10.9 Å². The molecule has 2 aromatic rings. The highest BCUT2D eigenvalue weighted by Gasteiger charge is 2.51. The monoisotopic (exact) mass is 366 g/mol. The van der Waals surface area contributed by atoms with E-state index in [1.165, 1.54) is 38.5 Å². The maximum atomic E-state index is 12.9. The quantitative estimate of drug-likeness (QED) is 0.790. The number of thioether (sulfide) groups is 1. The maximum absolute atomic E-state index is 12.9. The van der Waals surface area contributed by atoms with E-state index >= 15 is 0 Å². The summed E-state index contributed by atoms with van der Waals surface area (Å²) >= 11 is 1.57. The van der Waals surface area contributed by atoms with Crippen LogP contribution < -0.4 is 5.32 Å². The number of amides is 1. The number of para-hydroxylation sites is 1. The van der Waals surface area contributed by atoms with Crippen LogP contribution >= 0.6 is 11.8 Å². The summed E-state index contributed by atoms with van der Waals surface area (Å²) in [7, 11) is 0. The molecule has 26 heavy (non-hydrogen) atoms. The average molecular weight is 367 g/mol. The third-order valence-electron chi connectivity index (χ3n) is 6.67. The minimum atomic E-state index is -0.114. The largest absolute Gasteiger partial charge is 0.350 e. The fourth-order valence-corrected chi connectivity index (χ4v) is 6.80. The molecule has 136 valence electrons. The Labute approximate surface area is 159 Å². The van der Waals surface area contributed by atoms with E-state index in [0.717, 1.165) is 33.7 Å². The second-order valence-corrected chi connectivity index (χ2v) is 10.2. The number of hydrogen-bond acceptors (Lipinski definition) is 3. The molecule has 3 nitrogen and oxygen atoms in total. The third-order valence-corrected chi connectivity index (χ3v) is 7.70. The number of benzene rings is 1. The molecule has 1 aromatic heterocycles. The molecule has 0 aliphatic heterocycles. The SMILES string of the molecule is C[C@H](Sc1ccc2ccccc2n1)C(=O)NC12CC3CC(CC(C3)C1)C2. The van der Waals surface area contributed by atoms with E-state index in [1.807, 2.05) is 31.2 Å². The number of nitrogens with zero attached hydrogens (tertiary/aromatic N) is 1. The van der Waals surface area contributed by atoms with Crippen LogP contribution in [0.25, 0.3) is 10.9 Å². The zero-order valence-electron chi connectivity index (χ0n) is 15.3.